The molecule has 178 valence electrons. The number of aliphatic carboxylic acids is 1. The lowest BCUT2D eigenvalue weighted by Crippen LogP contribution is -2.40. The highest BCUT2D eigenvalue weighted by molar-refractivity contribution is 6.04. The largest absolute Gasteiger partial charge is 0.480 e. The van der Waals surface area contributed by atoms with Gasteiger partial charge in [-0.3, -0.25) is 10.1 Å². The first kappa shape index (κ1) is 22.6. The van der Waals surface area contributed by atoms with E-state index in [2.05, 4.69) is 5.32 Å². The Labute approximate surface area is 201 Å². The highest BCUT2D eigenvalue weighted by Crippen LogP contribution is 2.44. The van der Waals surface area contributed by atoms with Gasteiger partial charge in [-0.05, 0) is 47.2 Å². The van der Waals surface area contributed by atoms with Crippen molar-refractivity contribution >= 4 is 23.7 Å². The molecule has 1 atom stereocenters. The Hall–Kier alpha value is -4.20. The fraction of sp³-hybridized carbons (Fsp3) is 0.222. The number of nitrogens with zero attached hydrogens (tertiary/aromatic N) is 1. The van der Waals surface area contributed by atoms with Crippen LogP contribution in [-0.4, -0.2) is 47.2 Å². The number of para-hydroxylation sites is 1. The third kappa shape index (κ3) is 4.12. The Morgan fingerprint density at radius 1 is 0.971 bits per heavy atom. The van der Waals surface area contributed by atoms with Crippen molar-refractivity contribution in [1.29, 1.82) is 0 Å². The molecule has 2 aliphatic rings. The van der Waals surface area contributed by atoms with E-state index < -0.39 is 29.8 Å². The van der Waals surface area contributed by atoms with Gasteiger partial charge in [0.05, 0.1) is 11.3 Å². The van der Waals surface area contributed by atoms with E-state index in [1.54, 1.807) is 0 Å². The number of hydrogen-bond acceptors (Lipinski definition) is 4. The van der Waals surface area contributed by atoms with E-state index in [0.29, 0.717) is 12.8 Å². The molecule has 1 aliphatic carbocycles. The minimum atomic E-state index is -1.11. The maximum Gasteiger partial charge on any atom is 0.411 e. The van der Waals surface area contributed by atoms with Crippen LogP contribution in [0.15, 0.2) is 66.7 Å². The first-order valence-electron chi connectivity index (χ1n) is 11.4. The summed E-state index contributed by atoms with van der Waals surface area (Å²) in [4.78, 5) is 38.5. The van der Waals surface area contributed by atoms with Gasteiger partial charge in [0, 0.05) is 12.5 Å². The summed E-state index contributed by atoms with van der Waals surface area (Å²) in [7, 11) is 0. The van der Waals surface area contributed by atoms with Crippen molar-refractivity contribution < 1.29 is 28.6 Å². The van der Waals surface area contributed by atoms with Gasteiger partial charge in [0.25, 0.3) is 5.91 Å². The van der Waals surface area contributed by atoms with Crippen molar-refractivity contribution in [2.24, 2.45) is 0 Å². The lowest BCUT2D eigenvalue weighted by Gasteiger charge is -2.23. The van der Waals surface area contributed by atoms with Crippen molar-refractivity contribution in [2.45, 2.75) is 24.8 Å². The fourth-order valence-corrected chi connectivity index (χ4v) is 4.99. The molecule has 0 unspecified atom stereocenters. The number of amides is 2. The van der Waals surface area contributed by atoms with Gasteiger partial charge in [-0.25, -0.2) is 14.0 Å². The van der Waals surface area contributed by atoms with E-state index in [9.17, 15) is 23.9 Å². The number of benzene rings is 3. The van der Waals surface area contributed by atoms with Crippen LogP contribution < -0.4 is 5.32 Å². The summed E-state index contributed by atoms with van der Waals surface area (Å²) in [6.45, 7) is 0.279. The lowest BCUT2D eigenvalue weighted by molar-refractivity contribution is -0.141. The Kier molecular flexibility index (Phi) is 5.94. The zero-order valence-electron chi connectivity index (χ0n) is 18.7. The van der Waals surface area contributed by atoms with Crippen molar-refractivity contribution in [3.05, 3.63) is 89.2 Å². The summed E-state index contributed by atoms with van der Waals surface area (Å²) in [5.74, 6) is -2.74. The first-order valence-corrected chi connectivity index (χ1v) is 11.4. The molecular formula is C27H23FN2O5. The smallest absolute Gasteiger partial charge is 0.411 e. The molecule has 1 saturated heterocycles. The summed E-state index contributed by atoms with van der Waals surface area (Å²) in [6, 6.07) is 18.6. The number of anilines is 1. The third-order valence-electron chi connectivity index (χ3n) is 6.61. The minimum absolute atomic E-state index is 0.0325. The van der Waals surface area contributed by atoms with E-state index in [0.717, 1.165) is 28.3 Å². The van der Waals surface area contributed by atoms with Crippen LogP contribution in [0.25, 0.3) is 11.1 Å². The molecule has 0 bridgehead atoms. The highest BCUT2D eigenvalue weighted by Gasteiger charge is 2.36. The maximum atomic E-state index is 14.7. The first-order chi connectivity index (χ1) is 17.0. The molecule has 8 heteroatoms. The molecule has 1 fully saturated rings. The van der Waals surface area contributed by atoms with Crippen LogP contribution >= 0.6 is 0 Å². The summed E-state index contributed by atoms with van der Waals surface area (Å²) in [5.41, 5.74) is 3.79. The predicted octanol–water partition coefficient (Wildman–Crippen LogP) is 4.88. The number of ether oxygens (including phenoxy) is 1. The molecule has 35 heavy (non-hydrogen) atoms. The lowest BCUT2D eigenvalue weighted by atomic mass is 9.98. The van der Waals surface area contributed by atoms with Crippen LogP contribution in [0.5, 0.6) is 0 Å². The number of rotatable bonds is 5. The van der Waals surface area contributed by atoms with Crippen LogP contribution in [-0.2, 0) is 9.53 Å². The number of carbonyl (C=O) groups excluding carboxylic acids is 2. The van der Waals surface area contributed by atoms with Crippen LogP contribution in [0.4, 0.5) is 14.9 Å². The fourth-order valence-electron chi connectivity index (χ4n) is 4.99. The second kappa shape index (κ2) is 9.21. The number of carbonyl (C=O) groups is 3. The van der Waals surface area contributed by atoms with E-state index in [1.807, 2.05) is 48.5 Å². The third-order valence-corrected chi connectivity index (χ3v) is 6.61. The Balaban J connectivity index is 1.34. The second-order valence-corrected chi connectivity index (χ2v) is 8.61. The Morgan fingerprint density at radius 2 is 1.63 bits per heavy atom. The summed E-state index contributed by atoms with van der Waals surface area (Å²) in [6.07, 6.45) is -0.0409. The van der Waals surface area contributed by atoms with Gasteiger partial charge in [0.2, 0.25) is 0 Å². The molecule has 0 saturated carbocycles. The van der Waals surface area contributed by atoms with Gasteiger partial charge >= 0.3 is 12.1 Å². The number of carboxylic acid groups (broad SMARTS) is 1. The topological polar surface area (TPSA) is 95.9 Å². The SMILES string of the molecule is O=C(Nc1c(F)cccc1C(=O)N1CCC[C@@H]1C(=O)O)OCC1c2ccccc2-c2ccccc21. The average molecular weight is 474 g/mol. The monoisotopic (exact) mass is 474 g/mol. The normalized spacial score (nSPS) is 16.5. The number of nitrogens with one attached hydrogen (secondary N) is 1. The van der Waals surface area contributed by atoms with E-state index in [4.69, 9.17) is 4.74 Å². The summed E-state index contributed by atoms with van der Waals surface area (Å²) >= 11 is 0. The highest BCUT2D eigenvalue weighted by atomic mass is 19.1. The van der Waals surface area contributed by atoms with Crippen molar-refractivity contribution in [3.8, 4) is 11.1 Å². The molecule has 7 nitrogen and oxygen atoms in total. The van der Waals surface area contributed by atoms with Crippen molar-refractivity contribution in [3.63, 3.8) is 0 Å². The molecule has 1 heterocycles. The Morgan fingerprint density at radius 3 is 2.29 bits per heavy atom. The van der Waals surface area contributed by atoms with Gasteiger partial charge in [0.15, 0.2) is 0 Å². The van der Waals surface area contributed by atoms with Crippen molar-refractivity contribution in [1.82, 2.24) is 4.90 Å². The van der Waals surface area contributed by atoms with Crippen LogP contribution in [0.3, 0.4) is 0 Å². The van der Waals surface area contributed by atoms with Crippen LogP contribution in [0, 0.1) is 5.82 Å². The molecule has 3 aromatic rings. The maximum absolute atomic E-state index is 14.7. The molecule has 0 spiro atoms. The molecular weight excluding hydrogens is 451 g/mol. The van der Waals surface area contributed by atoms with Gasteiger partial charge in [0.1, 0.15) is 18.5 Å². The predicted molar refractivity (Wildman–Crippen MR) is 127 cm³/mol. The van der Waals surface area contributed by atoms with Gasteiger partial charge in [-0.1, -0.05) is 54.6 Å². The molecule has 3 aromatic carbocycles. The number of halogens is 1. The Bertz CT molecular complexity index is 1280. The van der Waals surface area contributed by atoms with E-state index in [-0.39, 0.29) is 30.3 Å². The number of fused-ring (bicyclic) bond motifs is 3. The van der Waals surface area contributed by atoms with Gasteiger partial charge in [-0.15, -0.1) is 0 Å². The molecule has 2 amide bonds. The minimum Gasteiger partial charge on any atom is -0.480 e. The zero-order chi connectivity index (χ0) is 24.5. The molecule has 0 aromatic heterocycles. The number of carboxylic acids is 1. The molecule has 5 rings (SSSR count). The standard InChI is InChI=1S/C27H23FN2O5/c28-22-12-5-11-20(25(31)30-14-6-13-23(30)26(32)33)24(22)29-27(34)35-15-21-18-9-3-1-7-16(18)17-8-2-4-10-19(17)21/h1-5,7-12,21,23H,6,13-15H2,(H,29,34)(H,32,33)/t23-/m1/s1. The zero-order valence-corrected chi connectivity index (χ0v) is 18.7. The van der Waals surface area contributed by atoms with Crippen molar-refractivity contribution in [2.75, 3.05) is 18.5 Å². The van der Waals surface area contributed by atoms with Gasteiger partial charge < -0.3 is 14.7 Å². The van der Waals surface area contributed by atoms with Crippen LogP contribution in [0.2, 0.25) is 0 Å². The van der Waals surface area contributed by atoms with E-state index in [1.165, 1.54) is 17.0 Å². The van der Waals surface area contributed by atoms with E-state index >= 15 is 0 Å². The van der Waals surface area contributed by atoms with Gasteiger partial charge in [-0.2, -0.15) is 0 Å². The molecule has 0 radical (unpaired) electrons. The summed E-state index contributed by atoms with van der Waals surface area (Å²) in [5, 5.41) is 11.8. The number of hydrogen-bond donors (Lipinski definition) is 2. The number of likely N-dealkylation sites (tertiary alicyclic amines) is 1. The quantitative estimate of drug-likeness (QED) is 0.550. The average Bonchev–Trinajstić information content (AvgIpc) is 3.47. The molecule has 2 N–H and O–H groups in total. The van der Waals surface area contributed by atoms with Crippen LogP contribution in [0.1, 0.15) is 40.2 Å². The second-order valence-electron chi connectivity index (χ2n) is 8.61. The summed E-state index contributed by atoms with van der Waals surface area (Å²) < 4.78 is 20.2. The molecule has 1 aliphatic heterocycles.